The van der Waals surface area contributed by atoms with Crippen molar-refractivity contribution in [3.05, 3.63) is 40.5 Å². The highest BCUT2D eigenvalue weighted by molar-refractivity contribution is 6.55. The van der Waals surface area contributed by atoms with E-state index < -0.39 is 13.0 Å². The van der Waals surface area contributed by atoms with Crippen LogP contribution in [0.3, 0.4) is 0 Å². The third kappa shape index (κ3) is 3.78. The number of aryl methyl sites for hydroxylation is 1. The topological polar surface area (TPSA) is 135 Å². The van der Waals surface area contributed by atoms with Crippen molar-refractivity contribution in [1.82, 2.24) is 9.78 Å². The molecular formula is C21H24BN5O4. The molecule has 2 atom stereocenters. The number of hydrogen-bond acceptors (Lipinski definition) is 7. The summed E-state index contributed by atoms with van der Waals surface area (Å²) in [6, 6.07) is 5.75. The summed E-state index contributed by atoms with van der Waals surface area (Å²) in [6.07, 6.45) is 2.17. The molecule has 0 spiro atoms. The molecule has 0 aliphatic carbocycles. The van der Waals surface area contributed by atoms with E-state index in [2.05, 4.69) is 16.5 Å². The molecule has 0 bridgehead atoms. The molecule has 1 amide bonds. The number of nitrogens with one attached hydrogen (secondary N) is 1. The van der Waals surface area contributed by atoms with Gasteiger partial charge in [0.2, 0.25) is 0 Å². The van der Waals surface area contributed by atoms with Crippen LogP contribution >= 0.6 is 0 Å². The number of nitrogens with zero attached hydrogens (tertiary/aromatic N) is 3. The number of fused-ring (bicyclic) bond motifs is 1. The van der Waals surface area contributed by atoms with Gasteiger partial charge in [-0.25, -0.2) is 0 Å². The van der Waals surface area contributed by atoms with Crippen LogP contribution in [0.5, 0.6) is 5.75 Å². The summed E-state index contributed by atoms with van der Waals surface area (Å²) < 4.78 is 12.8. The maximum Gasteiger partial charge on any atom is 0.555 e. The summed E-state index contributed by atoms with van der Waals surface area (Å²) in [4.78, 5) is 12.1. The first-order chi connectivity index (χ1) is 14.8. The number of anilines is 2. The Kier molecular flexibility index (Phi) is 5.47. The van der Waals surface area contributed by atoms with Gasteiger partial charge in [-0.15, -0.1) is 0 Å². The van der Waals surface area contributed by atoms with Crippen molar-refractivity contribution >= 4 is 30.1 Å². The minimum atomic E-state index is -0.965. The van der Waals surface area contributed by atoms with Gasteiger partial charge in [0, 0.05) is 24.1 Å². The molecule has 4 rings (SSSR count). The van der Waals surface area contributed by atoms with Crippen molar-refractivity contribution in [2.45, 2.75) is 33.2 Å². The van der Waals surface area contributed by atoms with Crippen molar-refractivity contribution < 1.29 is 19.2 Å². The van der Waals surface area contributed by atoms with Gasteiger partial charge in [-0.3, -0.25) is 9.48 Å². The molecule has 0 radical (unpaired) electrons. The van der Waals surface area contributed by atoms with Crippen LogP contribution in [0, 0.1) is 24.2 Å². The summed E-state index contributed by atoms with van der Waals surface area (Å²) in [6.45, 7) is 6.51. The minimum Gasteiger partial charge on any atom is -0.532 e. The largest absolute Gasteiger partial charge is 0.555 e. The number of ether oxygens (including phenoxy) is 1. The van der Waals surface area contributed by atoms with Gasteiger partial charge in [-0.1, -0.05) is 0 Å². The molecule has 160 valence electrons. The zero-order chi connectivity index (χ0) is 22.3. The lowest BCUT2D eigenvalue weighted by Crippen LogP contribution is -2.29. The van der Waals surface area contributed by atoms with Gasteiger partial charge in [0.15, 0.2) is 5.82 Å². The summed E-state index contributed by atoms with van der Waals surface area (Å²) in [5, 5.41) is 27.3. The number of nitriles is 1. The van der Waals surface area contributed by atoms with E-state index in [1.165, 1.54) is 0 Å². The predicted molar refractivity (Wildman–Crippen MR) is 116 cm³/mol. The van der Waals surface area contributed by atoms with E-state index in [0.717, 1.165) is 22.2 Å². The molecule has 2 aliphatic heterocycles. The molecule has 2 aromatic rings. The fourth-order valence-electron chi connectivity index (χ4n) is 3.98. The molecule has 31 heavy (non-hydrogen) atoms. The van der Waals surface area contributed by atoms with Gasteiger partial charge in [-0.05, 0) is 55.9 Å². The average molecular weight is 421 g/mol. The van der Waals surface area contributed by atoms with E-state index in [0.29, 0.717) is 36.9 Å². The van der Waals surface area contributed by atoms with Crippen molar-refractivity contribution in [3.8, 4) is 11.8 Å². The summed E-state index contributed by atoms with van der Waals surface area (Å²) in [5.41, 5.74) is 9.88. The highest BCUT2D eigenvalue weighted by Gasteiger charge is 2.31. The van der Waals surface area contributed by atoms with E-state index in [4.69, 9.17) is 15.1 Å². The zero-order valence-electron chi connectivity index (χ0n) is 17.7. The van der Waals surface area contributed by atoms with Crippen LogP contribution in [0.25, 0.3) is 5.57 Å². The number of amides is 1. The molecule has 1 fully saturated rings. The lowest BCUT2D eigenvalue weighted by Gasteiger charge is -2.27. The number of carbonyl (C=O) groups excluding carboxylic acids is 1. The summed E-state index contributed by atoms with van der Waals surface area (Å²) in [7, 11) is -0.965. The quantitative estimate of drug-likeness (QED) is 0.645. The van der Waals surface area contributed by atoms with E-state index in [1.54, 1.807) is 10.9 Å². The molecule has 10 heteroatoms. The summed E-state index contributed by atoms with van der Waals surface area (Å²) in [5.74, 6) is 0.0573. The fourth-order valence-corrected chi connectivity index (χ4v) is 3.98. The van der Waals surface area contributed by atoms with Crippen LogP contribution in [-0.2, 0) is 4.74 Å². The minimum absolute atomic E-state index is 0.229. The van der Waals surface area contributed by atoms with Gasteiger partial charge < -0.3 is 25.5 Å². The third-order valence-corrected chi connectivity index (χ3v) is 5.96. The molecule has 2 aliphatic rings. The van der Waals surface area contributed by atoms with E-state index in [1.807, 2.05) is 32.9 Å². The van der Waals surface area contributed by atoms with Gasteiger partial charge in [0.05, 0.1) is 24.6 Å². The number of allylic oxidation sites excluding steroid dienone is 2. The maximum atomic E-state index is 12.1. The van der Waals surface area contributed by atoms with E-state index in [-0.39, 0.29) is 17.5 Å². The first-order valence-electron chi connectivity index (χ1n) is 10.1. The van der Waals surface area contributed by atoms with Crippen LogP contribution in [0.1, 0.15) is 47.8 Å². The summed E-state index contributed by atoms with van der Waals surface area (Å²) >= 11 is 0. The standard InChI is InChI=1S/C21H24BN5O4/c1-11-6-15(7-16-12(2)13(3)22(29)31-19(11)16)25-21-17(20(24)28)9-27(26-21)18-10-30-5-4-14(18)8-23/h6-7,9,14,18,29H,4-5,10H2,1-3H3,(H2,24,28)(H,25,26)/t14?,18-/m0/s1. The van der Waals surface area contributed by atoms with Gasteiger partial charge in [0.25, 0.3) is 5.91 Å². The van der Waals surface area contributed by atoms with Gasteiger partial charge in [-0.2, -0.15) is 10.4 Å². The van der Waals surface area contributed by atoms with Gasteiger partial charge >= 0.3 is 7.12 Å². The maximum absolute atomic E-state index is 12.1. The normalized spacial score (nSPS) is 20.7. The second-order valence-electron chi connectivity index (χ2n) is 7.98. The lowest BCUT2D eigenvalue weighted by atomic mass is 9.73. The number of hydrogen-bond donors (Lipinski definition) is 3. The first-order valence-corrected chi connectivity index (χ1v) is 10.1. The predicted octanol–water partition coefficient (Wildman–Crippen LogP) is 2.34. The van der Waals surface area contributed by atoms with Crippen molar-refractivity contribution in [3.63, 3.8) is 0 Å². The highest BCUT2D eigenvalue weighted by atomic mass is 16.5. The molecule has 1 unspecified atom stereocenters. The number of carbonyl (C=O) groups is 1. The molecule has 0 saturated carbocycles. The van der Waals surface area contributed by atoms with Crippen LogP contribution in [-0.4, -0.2) is 41.0 Å². The Morgan fingerprint density at radius 1 is 1.42 bits per heavy atom. The molecule has 4 N–H and O–H groups in total. The Morgan fingerprint density at radius 3 is 2.90 bits per heavy atom. The monoisotopic (exact) mass is 421 g/mol. The molecule has 3 heterocycles. The Labute approximate surface area is 180 Å². The van der Waals surface area contributed by atoms with Crippen LogP contribution < -0.4 is 15.7 Å². The second-order valence-corrected chi connectivity index (χ2v) is 7.98. The number of aromatic nitrogens is 2. The van der Waals surface area contributed by atoms with Crippen molar-refractivity contribution in [1.29, 1.82) is 5.26 Å². The van der Waals surface area contributed by atoms with Crippen LogP contribution in [0.2, 0.25) is 0 Å². The Hall–Kier alpha value is -3.29. The van der Waals surface area contributed by atoms with Crippen molar-refractivity contribution in [2.24, 2.45) is 11.7 Å². The Bertz CT molecular complexity index is 1120. The Morgan fingerprint density at radius 2 is 2.19 bits per heavy atom. The highest BCUT2D eigenvalue weighted by Crippen LogP contribution is 2.39. The van der Waals surface area contributed by atoms with Crippen molar-refractivity contribution in [2.75, 3.05) is 18.5 Å². The fraction of sp³-hybridized carbons (Fsp3) is 0.381. The number of rotatable bonds is 4. The number of primary amides is 1. The molecule has 1 saturated heterocycles. The first kappa shape index (κ1) is 21.0. The molecular weight excluding hydrogens is 397 g/mol. The number of benzene rings is 1. The van der Waals surface area contributed by atoms with Crippen LogP contribution in [0.4, 0.5) is 11.5 Å². The molecule has 1 aromatic carbocycles. The SMILES string of the molecule is CC1=C(C)c2cc(Nc3nn([C@H]4COCCC4C#N)cc3C(N)=O)cc(C)c2OB1O. The number of nitrogens with two attached hydrogens (primary N) is 1. The third-order valence-electron chi connectivity index (χ3n) is 5.96. The smallest absolute Gasteiger partial charge is 0.532 e. The van der Waals surface area contributed by atoms with Crippen LogP contribution in [0.15, 0.2) is 23.8 Å². The zero-order valence-corrected chi connectivity index (χ0v) is 17.7. The average Bonchev–Trinajstić information content (AvgIpc) is 3.17. The van der Waals surface area contributed by atoms with Gasteiger partial charge in [0.1, 0.15) is 11.3 Å². The van der Waals surface area contributed by atoms with E-state index in [9.17, 15) is 15.1 Å². The lowest BCUT2D eigenvalue weighted by molar-refractivity contribution is 0.0342. The molecule has 9 nitrogen and oxygen atoms in total. The molecule has 1 aromatic heterocycles. The van der Waals surface area contributed by atoms with E-state index >= 15 is 0 Å². The Balaban J connectivity index is 1.71. The second kappa shape index (κ2) is 8.09.